The van der Waals surface area contributed by atoms with Crippen molar-refractivity contribution < 1.29 is 4.43 Å². The van der Waals surface area contributed by atoms with Crippen LogP contribution in [0.5, 0.6) is 0 Å². The molecule has 18 heavy (non-hydrogen) atoms. The van der Waals surface area contributed by atoms with Gasteiger partial charge in [0.2, 0.25) is 0 Å². The van der Waals surface area contributed by atoms with Crippen molar-refractivity contribution in [3.05, 3.63) is 22.3 Å². The average Bonchev–Trinajstić information content (AvgIpc) is 2.26. The van der Waals surface area contributed by atoms with Crippen molar-refractivity contribution in [2.24, 2.45) is 0 Å². The topological polar surface area (TPSA) is 9.23 Å². The Morgan fingerprint density at radius 2 is 1.44 bits per heavy atom. The van der Waals surface area contributed by atoms with Gasteiger partial charge in [0, 0.05) is 6.61 Å². The molecular formula is C15H29IOSi. The molecular weight excluding hydrogens is 351 g/mol. The zero-order valence-corrected chi connectivity index (χ0v) is 15.9. The third kappa shape index (κ3) is 5.17. The van der Waals surface area contributed by atoms with Gasteiger partial charge in [0.25, 0.3) is 0 Å². The summed E-state index contributed by atoms with van der Waals surface area (Å²) in [5, 5.41) is 0. The molecule has 0 aliphatic heterocycles. The van der Waals surface area contributed by atoms with E-state index in [9.17, 15) is 0 Å². The van der Waals surface area contributed by atoms with E-state index in [0.29, 0.717) is 16.6 Å². The highest BCUT2D eigenvalue weighted by Crippen LogP contribution is 2.42. The van der Waals surface area contributed by atoms with E-state index >= 15 is 0 Å². The first-order valence-corrected chi connectivity index (χ1v) is 10.3. The predicted molar refractivity (Wildman–Crippen MR) is 93.9 cm³/mol. The van der Waals surface area contributed by atoms with Gasteiger partial charge in [-0.05, 0) is 27.1 Å². The minimum absolute atomic E-state index is 0.677. The van der Waals surface area contributed by atoms with Crippen LogP contribution in [0.15, 0.2) is 22.3 Å². The summed E-state index contributed by atoms with van der Waals surface area (Å²) in [4.78, 5) is 0. The van der Waals surface area contributed by atoms with Gasteiger partial charge in [0.15, 0.2) is 8.32 Å². The maximum Gasteiger partial charge on any atom is 0.200 e. The van der Waals surface area contributed by atoms with Gasteiger partial charge < -0.3 is 4.43 Å². The summed E-state index contributed by atoms with van der Waals surface area (Å²) in [5.41, 5.74) is 2.03. The van der Waals surface area contributed by atoms with Gasteiger partial charge in [-0.15, -0.1) is 0 Å². The molecule has 0 aliphatic rings. The molecule has 0 unspecified atom stereocenters. The lowest BCUT2D eigenvalue weighted by Gasteiger charge is -2.42. The van der Waals surface area contributed by atoms with Crippen LogP contribution in [0.1, 0.15) is 48.0 Å². The molecule has 0 aromatic carbocycles. The van der Waals surface area contributed by atoms with Crippen LogP contribution >= 0.6 is 22.6 Å². The molecule has 0 aromatic rings. The Kier molecular flexibility index (Phi) is 9.52. The van der Waals surface area contributed by atoms with Gasteiger partial charge in [-0.2, -0.15) is 0 Å². The normalized spacial score (nSPS) is 13.9. The molecule has 1 nitrogen and oxygen atoms in total. The average molecular weight is 380 g/mol. The minimum Gasteiger partial charge on any atom is -0.416 e. The molecule has 0 bridgehead atoms. The van der Waals surface area contributed by atoms with Gasteiger partial charge >= 0.3 is 0 Å². The fraction of sp³-hybridized carbons (Fsp3) is 0.733. The molecule has 0 aromatic heterocycles. The van der Waals surface area contributed by atoms with Crippen LogP contribution in [0.4, 0.5) is 0 Å². The van der Waals surface area contributed by atoms with Crippen LogP contribution in [0, 0.1) is 0 Å². The summed E-state index contributed by atoms with van der Waals surface area (Å²) >= 11 is 2.23. The van der Waals surface area contributed by atoms with Crippen LogP contribution in [-0.4, -0.2) is 14.9 Å². The van der Waals surface area contributed by atoms with Crippen LogP contribution in [-0.2, 0) is 4.43 Å². The highest BCUT2D eigenvalue weighted by atomic mass is 127. The number of rotatable bonds is 8. The van der Waals surface area contributed by atoms with E-state index in [1.54, 1.807) is 0 Å². The molecule has 0 radical (unpaired) electrons. The maximum atomic E-state index is 6.46. The predicted octanol–water partition coefficient (Wildman–Crippen LogP) is 6.07. The van der Waals surface area contributed by atoms with Gasteiger partial charge in [-0.3, -0.25) is 0 Å². The molecule has 0 N–H and O–H groups in total. The van der Waals surface area contributed by atoms with Crippen molar-refractivity contribution in [2.45, 2.75) is 64.6 Å². The molecule has 0 atom stereocenters. The van der Waals surface area contributed by atoms with E-state index in [2.05, 4.69) is 82.4 Å². The molecule has 106 valence electrons. The maximum absolute atomic E-state index is 6.46. The standard InChI is InChI=1S/C15H29IOSi/c1-13(2)18(14(3)4,15(5)6)17-12-10-8-7-9-11-16/h7-9,11,13-15H,10,12H2,1-6H3/b8-7+,11-9+. The van der Waals surface area contributed by atoms with Crippen molar-refractivity contribution in [1.29, 1.82) is 0 Å². The van der Waals surface area contributed by atoms with Crippen molar-refractivity contribution in [1.82, 2.24) is 0 Å². The third-order valence-corrected chi connectivity index (χ3v) is 10.2. The van der Waals surface area contributed by atoms with Crippen LogP contribution in [0.3, 0.4) is 0 Å². The van der Waals surface area contributed by atoms with Gasteiger partial charge in [-0.25, -0.2) is 0 Å². The summed E-state index contributed by atoms with van der Waals surface area (Å²) in [6, 6.07) is 0. The van der Waals surface area contributed by atoms with Gasteiger partial charge in [0.1, 0.15) is 0 Å². The third-order valence-electron chi connectivity index (χ3n) is 3.66. The van der Waals surface area contributed by atoms with Crippen molar-refractivity contribution >= 4 is 30.9 Å². The summed E-state index contributed by atoms with van der Waals surface area (Å²) < 4.78 is 8.47. The molecule has 0 spiro atoms. The van der Waals surface area contributed by atoms with E-state index in [4.69, 9.17) is 4.43 Å². The van der Waals surface area contributed by atoms with E-state index in [0.717, 1.165) is 13.0 Å². The lowest BCUT2D eigenvalue weighted by atomic mass is 10.4. The van der Waals surface area contributed by atoms with Crippen LogP contribution in [0.2, 0.25) is 16.6 Å². The Labute approximate surface area is 128 Å². The van der Waals surface area contributed by atoms with E-state index in [1.165, 1.54) is 0 Å². The second-order valence-corrected chi connectivity index (χ2v) is 11.9. The van der Waals surface area contributed by atoms with E-state index < -0.39 is 8.32 Å². The monoisotopic (exact) mass is 380 g/mol. The van der Waals surface area contributed by atoms with Crippen molar-refractivity contribution in [2.75, 3.05) is 6.61 Å². The Morgan fingerprint density at radius 1 is 0.944 bits per heavy atom. The van der Waals surface area contributed by atoms with Crippen molar-refractivity contribution in [3.63, 3.8) is 0 Å². The highest BCUT2D eigenvalue weighted by molar-refractivity contribution is 14.1. The quantitative estimate of drug-likeness (QED) is 0.215. The lowest BCUT2D eigenvalue weighted by molar-refractivity contribution is 0.284. The second kappa shape index (κ2) is 9.32. The van der Waals surface area contributed by atoms with Crippen LogP contribution in [0.25, 0.3) is 0 Å². The smallest absolute Gasteiger partial charge is 0.200 e. The first kappa shape index (κ1) is 18.4. The zero-order chi connectivity index (χ0) is 14.2. The van der Waals surface area contributed by atoms with Crippen molar-refractivity contribution in [3.8, 4) is 0 Å². The number of hydrogen-bond donors (Lipinski definition) is 0. The Balaban J connectivity index is 4.52. The first-order valence-electron chi connectivity index (χ1n) is 6.95. The molecule has 0 aliphatic carbocycles. The van der Waals surface area contributed by atoms with Crippen LogP contribution < -0.4 is 0 Å². The molecule has 0 fully saturated rings. The molecule has 0 saturated heterocycles. The fourth-order valence-electron chi connectivity index (χ4n) is 3.02. The first-order chi connectivity index (χ1) is 8.39. The minimum atomic E-state index is -1.65. The zero-order valence-electron chi connectivity index (χ0n) is 12.7. The lowest BCUT2D eigenvalue weighted by Crippen LogP contribution is -2.47. The molecule has 3 heteroatoms. The van der Waals surface area contributed by atoms with Gasteiger partial charge in [-0.1, -0.05) is 82.4 Å². The Morgan fingerprint density at radius 3 is 1.83 bits per heavy atom. The summed E-state index contributed by atoms with van der Waals surface area (Å²) in [5.74, 6) is 0. The summed E-state index contributed by atoms with van der Waals surface area (Å²) in [6.07, 6.45) is 7.36. The molecule has 0 saturated carbocycles. The molecule has 0 heterocycles. The molecule has 0 amide bonds. The Hall–Kier alpha value is 0.387. The summed E-state index contributed by atoms with van der Waals surface area (Å²) in [7, 11) is -1.65. The number of hydrogen-bond acceptors (Lipinski definition) is 1. The number of allylic oxidation sites excluding steroid dienone is 2. The highest BCUT2D eigenvalue weighted by Gasteiger charge is 2.44. The Bertz CT molecular complexity index is 248. The van der Waals surface area contributed by atoms with Gasteiger partial charge in [0.05, 0.1) is 0 Å². The SMILES string of the molecule is CC(C)[Si](OCC/C=C/C=C/I)(C(C)C)C(C)C. The summed E-state index contributed by atoms with van der Waals surface area (Å²) in [6.45, 7) is 14.9. The molecule has 0 rings (SSSR count). The van der Waals surface area contributed by atoms with E-state index in [1.807, 2.05) is 4.08 Å². The number of halogens is 1. The largest absolute Gasteiger partial charge is 0.416 e. The fourth-order valence-corrected chi connectivity index (χ4v) is 8.73. The second-order valence-electron chi connectivity index (χ2n) is 5.70. The van der Waals surface area contributed by atoms with E-state index in [-0.39, 0.29) is 0 Å².